The Hall–Kier alpha value is -1.26. The zero-order valence-electron chi connectivity index (χ0n) is 10.1. The fourth-order valence-corrected chi connectivity index (χ4v) is 3.07. The number of hydrogen-bond donors (Lipinski definition) is 1. The molecule has 0 amide bonds. The van der Waals surface area contributed by atoms with E-state index in [0.717, 1.165) is 25.3 Å². The number of aryl methyl sites for hydroxylation is 2. The van der Waals surface area contributed by atoms with Gasteiger partial charge in [-0.3, -0.25) is 0 Å². The van der Waals surface area contributed by atoms with Crippen LogP contribution in [0.2, 0.25) is 0 Å². The topological polar surface area (TPSA) is 37.8 Å². The van der Waals surface area contributed by atoms with E-state index in [1.807, 2.05) is 0 Å². The molecule has 3 heterocycles. The van der Waals surface area contributed by atoms with Gasteiger partial charge >= 0.3 is 0 Å². The highest BCUT2D eigenvalue weighted by molar-refractivity contribution is 7.08. The van der Waals surface area contributed by atoms with E-state index in [0.29, 0.717) is 0 Å². The van der Waals surface area contributed by atoms with Gasteiger partial charge in [0.1, 0.15) is 0 Å². The summed E-state index contributed by atoms with van der Waals surface area (Å²) in [5, 5.41) is 7.64. The molecule has 88 valence electrons. The van der Waals surface area contributed by atoms with E-state index >= 15 is 0 Å². The number of hydrogen-bond acceptors (Lipinski definition) is 4. The zero-order chi connectivity index (χ0) is 11.8. The molecule has 0 unspecified atom stereocenters. The van der Waals surface area contributed by atoms with Crippen molar-refractivity contribution < 1.29 is 0 Å². The van der Waals surface area contributed by atoms with Crippen molar-refractivity contribution in [1.29, 1.82) is 0 Å². The lowest BCUT2D eigenvalue weighted by Crippen LogP contribution is -2.02. The highest BCUT2D eigenvalue weighted by Gasteiger charge is 2.19. The van der Waals surface area contributed by atoms with Gasteiger partial charge in [0.05, 0.1) is 5.69 Å². The highest BCUT2D eigenvalue weighted by Crippen LogP contribution is 2.27. The molecule has 3 nitrogen and oxygen atoms in total. The van der Waals surface area contributed by atoms with E-state index < -0.39 is 0 Å². The number of nitrogens with zero attached hydrogens (tertiary/aromatic N) is 2. The average Bonchev–Trinajstić information content (AvgIpc) is 2.95. The van der Waals surface area contributed by atoms with Crippen LogP contribution in [0.1, 0.15) is 29.4 Å². The normalized spacial score (nSPS) is 14.0. The summed E-state index contributed by atoms with van der Waals surface area (Å²) < 4.78 is 0. The third-order valence-electron chi connectivity index (χ3n) is 3.20. The summed E-state index contributed by atoms with van der Waals surface area (Å²) >= 11 is 1.71. The van der Waals surface area contributed by atoms with Crippen LogP contribution in [0.15, 0.2) is 10.8 Å². The van der Waals surface area contributed by atoms with Crippen molar-refractivity contribution in [2.45, 2.75) is 33.4 Å². The van der Waals surface area contributed by atoms with Crippen molar-refractivity contribution in [3.8, 4) is 11.4 Å². The van der Waals surface area contributed by atoms with E-state index in [4.69, 9.17) is 9.97 Å². The first-order valence-electron chi connectivity index (χ1n) is 5.92. The van der Waals surface area contributed by atoms with E-state index in [1.54, 1.807) is 11.3 Å². The quantitative estimate of drug-likeness (QED) is 0.884. The molecule has 2 aromatic heterocycles. The van der Waals surface area contributed by atoms with Crippen molar-refractivity contribution in [2.75, 3.05) is 0 Å². The first kappa shape index (κ1) is 10.9. The molecule has 0 fully saturated rings. The summed E-state index contributed by atoms with van der Waals surface area (Å²) in [4.78, 5) is 9.42. The van der Waals surface area contributed by atoms with E-state index in [2.05, 4.69) is 29.9 Å². The molecule has 0 radical (unpaired) electrons. The van der Waals surface area contributed by atoms with Crippen LogP contribution < -0.4 is 5.32 Å². The fraction of sp³-hybridized carbons (Fsp3) is 0.385. The third kappa shape index (κ3) is 1.77. The summed E-state index contributed by atoms with van der Waals surface area (Å²) in [6.45, 7) is 6.07. The molecule has 0 aliphatic carbocycles. The van der Waals surface area contributed by atoms with Crippen LogP contribution in [0.3, 0.4) is 0 Å². The molecule has 1 aliphatic rings. The Morgan fingerprint density at radius 3 is 2.88 bits per heavy atom. The molecular weight excluding hydrogens is 230 g/mol. The van der Waals surface area contributed by atoms with Crippen LogP contribution in [-0.2, 0) is 19.5 Å². The number of fused-ring (bicyclic) bond motifs is 1. The van der Waals surface area contributed by atoms with Gasteiger partial charge in [-0.05, 0) is 24.3 Å². The molecule has 0 saturated carbocycles. The summed E-state index contributed by atoms with van der Waals surface area (Å²) in [5.41, 5.74) is 6.13. The van der Waals surface area contributed by atoms with Crippen molar-refractivity contribution in [1.82, 2.24) is 15.3 Å². The number of rotatable bonds is 2. The van der Waals surface area contributed by atoms with Gasteiger partial charge in [0, 0.05) is 35.3 Å². The zero-order valence-corrected chi connectivity index (χ0v) is 10.9. The Labute approximate surface area is 105 Å². The average molecular weight is 245 g/mol. The van der Waals surface area contributed by atoms with Gasteiger partial charge in [-0.15, -0.1) is 0 Å². The fourth-order valence-electron chi connectivity index (χ4n) is 2.24. The Balaban J connectivity index is 2.16. The molecule has 0 bridgehead atoms. The first-order chi connectivity index (χ1) is 8.29. The predicted octanol–water partition coefficient (Wildman–Crippen LogP) is 2.68. The van der Waals surface area contributed by atoms with E-state index in [1.165, 1.54) is 28.1 Å². The summed E-state index contributed by atoms with van der Waals surface area (Å²) in [6, 6.07) is 0. The van der Waals surface area contributed by atoms with Gasteiger partial charge in [-0.2, -0.15) is 11.3 Å². The molecule has 4 heteroatoms. The second kappa shape index (κ2) is 4.20. The smallest absolute Gasteiger partial charge is 0.160 e. The lowest BCUT2D eigenvalue weighted by Gasteiger charge is -2.07. The molecule has 17 heavy (non-hydrogen) atoms. The van der Waals surface area contributed by atoms with E-state index in [-0.39, 0.29) is 0 Å². The van der Waals surface area contributed by atoms with Crippen LogP contribution in [0, 0.1) is 6.92 Å². The number of nitrogens with one attached hydrogen (secondary N) is 1. The van der Waals surface area contributed by atoms with Crippen molar-refractivity contribution in [3.05, 3.63) is 33.3 Å². The minimum absolute atomic E-state index is 0.876. The Kier molecular flexibility index (Phi) is 2.68. The minimum Gasteiger partial charge on any atom is -0.307 e. The molecule has 1 N–H and O–H groups in total. The molecule has 2 aromatic rings. The van der Waals surface area contributed by atoms with Crippen molar-refractivity contribution >= 4 is 11.3 Å². The molecule has 0 saturated heterocycles. The lowest BCUT2D eigenvalue weighted by atomic mass is 10.1. The monoisotopic (exact) mass is 245 g/mol. The molecule has 0 atom stereocenters. The van der Waals surface area contributed by atoms with Crippen LogP contribution in [0.4, 0.5) is 0 Å². The maximum Gasteiger partial charge on any atom is 0.160 e. The number of thiophene rings is 1. The van der Waals surface area contributed by atoms with Gasteiger partial charge in [0.25, 0.3) is 0 Å². The summed E-state index contributed by atoms with van der Waals surface area (Å²) in [5.74, 6) is 0.892. The largest absolute Gasteiger partial charge is 0.307 e. The van der Waals surface area contributed by atoms with Crippen LogP contribution in [-0.4, -0.2) is 9.97 Å². The lowest BCUT2D eigenvalue weighted by molar-refractivity contribution is 0.755. The van der Waals surface area contributed by atoms with Crippen LogP contribution in [0.25, 0.3) is 11.4 Å². The predicted molar refractivity (Wildman–Crippen MR) is 70.0 cm³/mol. The summed E-state index contributed by atoms with van der Waals surface area (Å²) in [6.07, 6.45) is 0.975. The molecule has 3 rings (SSSR count). The molecule has 0 spiro atoms. The minimum atomic E-state index is 0.876. The highest BCUT2D eigenvalue weighted by atomic mass is 32.1. The second-order valence-corrected chi connectivity index (χ2v) is 5.09. The van der Waals surface area contributed by atoms with E-state index in [9.17, 15) is 0 Å². The van der Waals surface area contributed by atoms with Gasteiger partial charge in [0.2, 0.25) is 0 Å². The van der Waals surface area contributed by atoms with Gasteiger partial charge in [-0.1, -0.05) is 6.92 Å². The summed E-state index contributed by atoms with van der Waals surface area (Å²) in [7, 11) is 0. The van der Waals surface area contributed by atoms with Crippen LogP contribution >= 0.6 is 11.3 Å². The SMILES string of the molecule is CCc1nc(-c2cscc2C)nc2c1CNC2. The number of aromatic nitrogens is 2. The van der Waals surface area contributed by atoms with Crippen LogP contribution in [0.5, 0.6) is 0 Å². The Bertz CT molecular complexity index is 560. The molecule has 1 aliphatic heterocycles. The standard InChI is InChI=1S/C13H15N3S/c1-3-11-9-4-14-5-12(9)16-13(15-11)10-7-17-6-8(10)2/h6-7,14H,3-5H2,1-2H3. The van der Waals surface area contributed by atoms with Crippen molar-refractivity contribution in [2.24, 2.45) is 0 Å². The maximum atomic E-state index is 4.72. The van der Waals surface area contributed by atoms with Crippen molar-refractivity contribution in [3.63, 3.8) is 0 Å². The second-order valence-electron chi connectivity index (χ2n) is 4.34. The Morgan fingerprint density at radius 2 is 2.18 bits per heavy atom. The van der Waals surface area contributed by atoms with Gasteiger partial charge in [0.15, 0.2) is 5.82 Å². The molecular formula is C13H15N3S. The van der Waals surface area contributed by atoms with Gasteiger partial charge < -0.3 is 5.32 Å². The van der Waals surface area contributed by atoms with Gasteiger partial charge in [-0.25, -0.2) is 9.97 Å². The Morgan fingerprint density at radius 1 is 1.29 bits per heavy atom. The first-order valence-corrected chi connectivity index (χ1v) is 6.86. The maximum absolute atomic E-state index is 4.72. The molecule has 0 aromatic carbocycles. The third-order valence-corrected chi connectivity index (χ3v) is 4.07.